The fraction of sp³-hybridized carbons (Fsp3) is 0.333. The maximum atomic E-state index is 6.54. The van der Waals surface area contributed by atoms with E-state index < -0.39 is 6.29 Å². The van der Waals surface area contributed by atoms with Crippen molar-refractivity contribution in [3.8, 4) is 22.5 Å². The average Bonchev–Trinajstić information content (AvgIpc) is 3.61. The monoisotopic (exact) mass is 503 g/mol. The summed E-state index contributed by atoms with van der Waals surface area (Å²) in [5.74, 6) is 1.60. The smallest absolute Gasteiger partial charge is 0.202 e. The van der Waals surface area contributed by atoms with Crippen LogP contribution in [0.25, 0.3) is 22.5 Å². The Kier molecular flexibility index (Phi) is 9.06. The minimum Gasteiger partial charge on any atom is -0.345 e. The van der Waals surface area contributed by atoms with Gasteiger partial charge in [0.25, 0.3) is 0 Å². The van der Waals surface area contributed by atoms with Gasteiger partial charge in [-0.05, 0) is 33.5 Å². The maximum Gasteiger partial charge on any atom is 0.202 e. The number of unbranched alkanes of at least 4 members (excludes halogenated alkanes) is 1. The number of aromatic nitrogens is 6. The van der Waals surface area contributed by atoms with Gasteiger partial charge >= 0.3 is 0 Å². The van der Waals surface area contributed by atoms with E-state index in [9.17, 15) is 0 Å². The molecule has 1 fully saturated rings. The van der Waals surface area contributed by atoms with Gasteiger partial charge in [0.05, 0.1) is 13.2 Å². The molecule has 0 spiro atoms. The van der Waals surface area contributed by atoms with E-state index in [1.807, 2.05) is 18.2 Å². The third kappa shape index (κ3) is 5.52. The van der Waals surface area contributed by atoms with Gasteiger partial charge in [0.15, 0.2) is 11.0 Å². The first-order chi connectivity index (χ1) is 16.2. The molecule has 0 unspecified atom stereocenters. The second-order valence-electron chi connectivity index (χ2n) is 7.96. The van der Waals surface area contributed by atoms with Crippen molar-refractivity contribution in [2.24, 2.45) is 0 Å². The Morgan fingerprint density at radius 2 is 1.79 bits per heavy atom. The summed E-state index contributed by atoms with van der Waals surface area (Å²) in [7, 11) is 0. The summed E-state index contributed by atoms with van der Waals surface area (Å²) in [6.45, 7) is 3.94. The summed E-state index contributed by atoms with van der Waals surface area (Å²) in [5, 5.41) is 14.8. The molecule has 1 aliphatic heterocycles. The minimum absolute atomic E-state index is 0. The summed E-state index contributed by atoms with van der Waals surface area (Å²) in [5.41, 5.74) is 5.04. The number of ether oxygens (including phenoxy) is 2. The Bertz CT molecular complexity index is 1210. The van der Waals surface area contributed by atoms with Crippen LogP contribution in [0.5, 0.6) is 0 Å². The van der Waals surface area contributed by atoms with Gasteiger partial charge in [-0.1, -0.05) is 73.5 Å². The number of aryl methyl sites for hydroxylation is 1. The third-order valence-electron chi connectivity index (χ3n) is 5.77. The fourth-order valence-corrected chi connectivity index (χ4v) is 4.40. The van der Waals surface area contributed by atoms with E-state index in [1.54, 1.807) is 0 Å². The zero-order chi connectivity index (χ0) is 22.6. The molecule has 8 nitrogen and oxygen atoms in total. The average molecular weight is 504 g/mol. The van der Waals surface area contributed by atoms with E-state index in [4.69, 9.17) is 21.1 Å². The first kappa shape index (κ1) is 25.7. The number of imidazole rings is 1. The Morgan fingerprint density at radius 3 is 2.47 bits per heavy atom. The molecule has 1 radical (unpaired) electrons. The molecule has 0 atom stereocenters. The molecule has 5 rings (SSSR count). The number of nitrogens with one attached hydrogen (secondary N) is 1. The number of benzene rings is 2. The van der Waals surface area contributed by atoms with E-state index in [-0.39, 0.29) is 51.4 Å². The van der Waals surface area contributed by atoms with Gasteiger partial charge in [-0.3, -0.25) is 0 Å². The first-order valence-corrected chi connectivity index (χ1v) is 11.5. The molecule has 3 heterocycles. The molecule has 2 aromatic heterocycles. The predicted octanol–water partition coefficient (Wildman–Crippen LogP) is 4.44. The number of hydrogen-bond donors (Lipinski definition) is 1. The van der Waals surface area contributed by atoms with Crippen LogP contribution in [0.4, 0.5) is 0 Å². The quantitative estimate of drug-likeness (QED) is 0.357. The Labute approximate surface area is 245 Å². The van der Waals surface area contributed by atoms with Crippen molar-refractivity contribution in [2.45, 2.75) is 39.0 Å². The summed E-state index contributed by atoms with van der Waals surface area (Å²) in [6.07, 6.45) is 2.53. The van der Waals surface area contributed by atoms with Crippen LogP contribution in [-0.2, 0) is 22.4 Å². The molecular formula is C24H25ClKN6O2. The van der Waals surface area contributed by atoms with E-state index in [1.165, 1.54) is 0 Å². The SMILES string of the molecule is CCCCc1nc(Cl)c(C2OCCO2)n1Cc1ccc(-c2ccccc2-c2nnn[nH]2)cc1.[K]. The van der Waals surface area contributed by atoms with Crippen LogP contribution in [0.3, 0.4) is 0 Å². The molecule has 0 amide bonds. The van der Waals surface area contributed by atoms with Crippen molar-refractivity contribution >= 4 is 63.0 Å². The van der Waals surface area contributed by atoms with Gasteiger partial charge < -0.3 is 14.0 Å². The standard InChI is InChI=1S/C24H25ClN6O2.K/c1-2-3-8-20-26-22(25)21(24-32-13-14-33-24)31(20)15-16-9-11-17(12-10-16)18-6-4-5-7-19(18)23-27-29-30-28-23;/h4-7,9-12,24H,2-3,8,13-15H2,1H3,(H,27,28,29,30);. The van der Waals surface area contributed by atoms with Crippen molar-refractivity contribution < 1.29 is 9.47 Å². The van der Waals surface area contributed by atoms with E-state index in [0.29, 0.717) is 30.7 Å². The minimum atomic E-state index is -0.470. The van der Waals surface area contributed by atoms with Gasteiger partial charge in [-0.25, -0.2) is 10.1 Å². The Balaban J connectivity index is 0.00000274. The van der Waals surface area contributed by atoms with Crippen molar-refractivity contribution in [2.75, 3.05) is 13.2 Å². The predicted molar refractivity (Wildman–Crippen MR) is 130 cm³/mol. The maximum absolute atomic E-state index is 6.54. The number of tetrazole rings is 1. The van der Waals surface area contributed by atoms with Crippen molar-refractivity contribution in [3.63, 3.8) is 0 Å². The second kappa shape index (κ2) is 12.0. The van der Waals surface area contributed by atoms with Gasteiger partial charge in [-0.15, -0.1) is 5.10 Å². The van der Waals surface area contributed by atoms with E-state index in [2.05, 4.69) is 67.4 Å². The summed E-state index contributed by atoms with van der Waals surface area (Å²) in [6, 6.07) is 16.5. The topological polar surface area (TPSA) is 90.7 Å². The second-order valence-corrected chi connectivity index (χ2v) is 8.32. The largest absolute Gasteiger partial charge is 0.345 e. The van der Waals surface area contributed by atoms with Gasteiger partial charge in [0.2, 0.25) is 6.29 Å². The van der Waals surface area contributed by atoms with Crippen LogP contribution in [0.2, 0.25) is 5.15 Å². The molecule has 10 heteroatoms. The molecule has 34 heavy (non-hydrogen) atoms. The van der Waals surface area contributed by atoms with E-state index >= 15 is 0 Å². The summed E-state index contributed by atoms with van der Waals surface area (Å²) < 4.78 is 13.7. The van der Waals surface area contributed by atoms with E-state index in [0.717, 1.165) is 53.0 Å². The number of hydrogen-bond acceptors (Lipinski definition) is 6. The molecule has 1 saturated heterocycles. The van der Waals surface area contributed by atoms with Crippen LogP contribution in [0.15, 0.2) is 48.5 Å². The number of rotatable bonds is 8. The molecule has 1 N–H and O–H groups in total. The van der Waals surface area contributed by atoms with Gasteiger partial charge in [-0.2, -0.15) is 0 Å². The van der Waals surface area contributed by atoms with Gasteiger partial charge in [0, 0.05) is 69.9 Å². The molecule has 2 aromatic carbocycles. The van der Waals surface area contributed by atoms with Crippen molar-refractivity contribution in [1.29, 1.82) is 0 Å². The van der Waals surface area contributed by atoms with Crippen molar-refractivity contribution in [1.82, 2.24) is 30.2 Å². The number of nitrogens with zero attached hydrogens (tertiary/aromatic N) is 5. The summed E-state index contributed by atoms with van der Waals surface area (Å²) in [4.78, 5) is 4.64. The molecule has 1 aliphatic rings. The molecule has 0 saturated carbocycles. The normalized spacial score (nSPS) is 13.8. The fourth-order valence-electron chi connectivity index (χ4n) is 4.11. The zero-order valence-electron chi connectivity index (χ0n) is 19.4. The zero-order valence-corrected chi connectivity index (χ0v) is 23.2. The molecule has 0 bridgehead atoms. The molecule has 171 valence electrons. The Morgan fingerprint density at radius 1 is 1.06 bits per heavy atom. The number of halogens is 1. The van der Waals surface area contributed by atoms with Crippen LogP contribution < -0.4 is 0 Å². The van der Waals surface area contributed by atoms with Crippen molar-refractivity contribution in [3.05, 3.63) is 70.8 Å². The Hall–Kier alpha value is -1.43. The number of H-pyrrole nitrogens is 1. The molecular weight excluding hydrogens is 479 g/mol. The van der Waals surface area contributed by atoms with Crippen LogP contribution in [0.1, 0.15) is 43.1 Å². The third-order valence-corrected chi connectivity index (χ3v) is 6.05. The van der Waals surface area contributed by atoms with Gasteiger partial charge in [0.1, 0.15) is 11.5 Å². The summed E-state index contributed by atoms with van der Waals surface area (Å²) >= 11 is 6.54. The van der Waals surface area contributed by atoms with Crippen LogP contribution in [-0.4, -0.2) is 94.8 Å². The van der Waals surface area contributed by atoms with Crippen LogP contribution >= 0.6 is 11.6 Å². The molecule has 4 aromatic rings. The van der Waals surface area contributed by atoms with Crippen LogP contribution in [0, 0.1) is 0 Å². The molecule has 0 aliphatic carbocycles. The first-order valence-electron chi connectivity index (χ1n) is 11.1. The number of aromatic amines is 1.